The number of hydrogen-bond acceptors (Lipinski definition) is 5. The molecule has 1 aromatic carbocycles. The van der Waals surface area contributed by atoms with Gasteiger partial charge in [-0.1, -0.05) is 0 Å². The Labute approximate surface area is 117 Å². The van der Waals surface area contributed by atoms with Gasteiger partial charge in [-0.2, -0.15) is 5.10 Å². The van der Waals surface area contributed by atoms with Crippen LogP contribution in [0, 0.1) is 10.1 Å². The van der Waals surface area contributed by atoms with Gasteiger partial charge in [-0.05, 0) is 6.07 Å². The molecule has 1 aromatic heterocycles. The summed E-state index contributed by atoms with van der Waals surface area (Å²) < 4.78 is 2.67. The Hall–Kier alpha value is -3.17. The number of primary amides is 1. The molecule has 3 N–H and O–H groups in total. The van der Waals surface area contributed by atoms with Crippen molar-refractivity contribution in [3.8, 4) is 0 Å². The van der Waals surface area contributed by atoms with Crippen LogP contribution in [-0.4, -0.2) is 26.3 Å². The maximum absolute atomic E-state index is 11.8. The van der Waals surface area contributed by atoms with Gasteiger partial charge in [0.1, 0.15) is 0 Å². The van der Waals surface area contributed by atoms with Crippen LogP contribution >= 0.6 is 0 Å². The molecule has 1 heterocycles. The highest BCUT2D eigenvalue weighted by molar-refractivity contribution is 5.93. The standard InChI is InChI=1S/C11H12N6O4/c1-15-8-3-6(5-13-14-10(12)18)7(17(20)21)4-9(8)16(2)11(15)19/h3-5H,1-2H3,(H3,12,14,18)/b13-5+. The van der Waals surface area contributed by atoms with Crippen LogP contribution in [0.5, 0.6) is 0 Å². The number of aromatic nitrogens is 2. The molecule has 0 radical (unpaired) electrons. The van der Waals surface area contributed by atoms with Crippen LogP contribution in [0.2, 0.25) is 0 Å². The van der Waals surface area contributed by atoms with Crippen molar-refractivity contribution in [2.45, 2.75) is 0 Å². The molecule has 0 saturated heterocycles. The average Bonchev–Trinajstić information content (AvgIpc) is 2.62. The molecule has 0 saturated carbocycles. The first-order valence-electron chi connectivity index (χ1n) is 5.75. The molecule has 0 fully saturated rings. The molecule has 21 heavy (non-hydrogen) atoms. The Balaban J connectivity index is 2.68. The summed E-state index contributed by atoms with van der Waals surface area (Å²) in [4.78, 5) is 32.9. The van der Waals surface area contributed by atoms with E-state index in [1.165, 1.54) is 28.3 Å². The third kappa shape index (κ3) is 2.45. The third-order valence-electron chi connectivity index (χ3n) is 3.00. The second-order valence-electron chi connectivity index (χ2n) is 4.29. The largest absolute Gasteiger partial charge is 0.350 e. The van der Waals surface area contributed by atoms with E-state index in [4.69, 9.17) is 5.73 Å². The minimum Gasteiger partial charge on any atom is -0.350 e. The molecule has 2 rings (SSSR count). The minimum atomic E-state index is -0.887. The number of nitrogens with one attached hydrogen (secondary N) is 1. The Bertz CT molecular complexity index is 831. The van der Waals surface area contributed by atoms with Gasteiger partial charge in [0.2, 0.25) is 0 Å². The highest BCUT2D eigenvalue weighted by atomic mass is 16.6. The number of nitrogens with two attached hydrogens (primary N) is 1. The summed E-state index contributed by atoms with van der Waals surface area (Å²) >= 11 is 0. The lowest BCUT2D eigenvalue weighted by Gasteiger charge is -2.00. The van der Waals surface area contributed by atoms with Gasteiger partial charge in [0, 0.05) is 20.2 Å². The number of nitro groups is 1. The van der Waals surface area contributed by atoms with E-state index in [9.17, 15) is 19.7 Å². The van der Waals surface area contributed by atoms with Crippen molar-refractivity contribution in [1.29, 1.82) is 0 Å². The second kappa shape index (κ2) is 5.07. The van der Waals surface area contributed by atoms with Crippen LogP contribution in [0.4, 0.5) is 10.5 Å². The summed E-state index contributed by atoms with van der Waals surface area (Å²) in [6, 6.07) is 1.84. The van der Waals surface area contributed by atoms with Gasteiger partial charge in [0.05, 0.1) is 27.7 Å². The molecule has 2 amide bonds. The van der Waals surface area contributed by atoms with E-state index in [2.05, 4.69) is 5.10 Å². The van der Waals surface area contributed by atoms with Gasteiger partial charge in [0.25, 0.3) is 5.69 Å². The van der Waals surface area contributed by atoms with Gasteiger partial charge in [0.15, 0.2) is 0 Å². The SMILES string of the molecule is Cn1c(=O)n(C)c2cc([N+](=O)[O-])c(/C=N/NC(N)=O)cc21. The quantitative estimate of drug-likeness (QED) is 0.459. The van der Waals surface area contributed by atoms with Gasteiger partial charge < -0.3 is 5.73 Å². The maximum atomic E-state index is 11.8. The highest BCUT2D eigenvalue weighted by Crippen LogP contribution is 2.23. The number of carbonyl (C=O) groups excluding carboxylic acids is 1. The average molecular weight is 292 g/mol. The first-order valence-corrected chi connectivity index (χ1v) is 5.75. The number of nitro benzene ring substituents is 1. The van der Waals surface area contributed by atoms with Gasteiger partial charge in [-0.3, -0.25) is 19.2 Å². The van der Waals surface area contributed by atoms with E-state index in [-0.39, 0.29) is 16.9 Å². The predicted molar refractivity (Wildman–Crippen MR) is 75.1 cm³/mol. The molecule has 0 aliphatic carbocycles. The predicted octanol–water partition coefficient (Wildman–Crippen LogP) is -0.213. The van der Waals surface area contributed by atoms with Crippen LogP contribution in [0.3, 0.4) is 0 Å². The molecular formula is C11H12N6O4. The summed E-state index contributed by atoms with van der Waals surface area (Å²) in [5, 5.41) is 14.6. The number of benzene rings is 1. The van der Waals surface area contributed by atoms with Crippen molar-refractivity contribution in [3.05, 3.63) is 38.3 Å². The number of aryl methyl sites for hydroxylation is 2. The van der Waals surface area contributed by atoms with Crippen molar-refractivity contribution >= 4 is 29.0 Å². The molecule has 10 nitrogen and oxygen atoms in total. The van der Waals surface area contributed by atoms with Crippen LogP contribution in [0.1, 0.15) is 5.56 Å². The van der Waals surface area contributed by atoms with E-state index in [1.807, 2.05) is 5.43 Å². The van der Waals surface area contributed by atoms with Crippen molar-refractivity contribution < 1.29 is 9.72 Å². The highest BCUT2D eigenvalue weighted by Gasteiger charge is 2.18. The Kier molecular flexibility index (Phi) is 3.44. The number of hydrazone groups is 1. The monoisotopic (exact) mass is 292 g/mol. The van der Waals surface area contributed by atoms with E-state index in [0.717, 1.165) is 6.21 Å². The number of hydrogen-bond donors (Lipinski definition) is 2. The van der Waals surface area contributed by atoms with E-state index < -0.39 is 11.0 Å². The van der Waals surface area contributed by atoms with Gasteiger partial charge in [-0.15, -0.1) is 0 Å². The molecular weight excluding hydrogens is 280 g/mol. The van der Waals surface area contributed by atoms with Crippen molar-refractivity contribution in [1.82, 2.24) is 14.6 Å². The molecule has 0 aliphatic heterocycles. The molecule has 0 atom stereocenters. The van der Waals surface area contributed by atoms with Gasteiger partial charge >= 0.3 is 11.7 Å². The van der Waals surface area contributed by atoms with Crippen molar-refractivity contribution in [2.75, 3.05) is 0 Å². The number of fused-ring (bicyclic) bond motifs is 1. The van der Waals surface area contributed by atoms with Crippen LogP contribution in [0.25, 0.3) is 11.0 Å². The number of urea groups is 1. The molecule has 110 valence electrons. The molecule has 0 unspecified atom stereocenters. The second-order valence-corrected chi connectivity index (χ2v) is 4.29. The zero-order valence-corrected chi connectivity index (χ0v) is 11.2. The fraction of sp³-hybridized carbons (Fsp3) is 0.182. The van der Waals surface area contributed by atoms with Crippen LogP contribution in [0.15, 0.2) is 22.0 Å². The van der Waals surface area contributed by atoms with Crippen LogP contribution in [-0.2, 0) is 14.1 Å². The lowest BCUT2D eigenvalue weighted by molar-refractivity contribution is -0.384. The Morgan fingerprint density at radius 3 is 2.48 bits per heavy atom. The molecule has 0 bridgehead atoms. The Morgan fingerprint density at radius 1 is 1.38 bits per heavy atom. The Morgan fingerprint density at radius 2 is 1.95 bits per heavy atom. The zero-order chi connectivity index (χ0) is 15.7. The number of rotatable bonds is 3. The summed E-state index contributed by atoms with van der Waals surface area (Å²) in [6.07, 6.45) is 1.10. The first kappa shape index (κ1) is 14.2. The lowest BCUT2D eigenvalue weighted by Crippen LogP contribution is -2.24. The molecule has 10 heteroatoms. The lowest BCUT2D eigenvalue weighted by atomic mass is 10.1. The maximum Gasteiger partial charge on any atom is 0.332 e. The third-order valence-corrected chi connectivity index (χ3v) is 3.00. The number of nitrogens with zero attached hydrogens (tertiary/aromatic N) is 4. The van der Waals surface area contributed by atoms with E-state index in [1.54, 1.807) is 7.05 Å². The normalized spacial score (nSPS) is 11.1. The number of imidazole rings is 1. The summed E-state index contributed by atoms with van der Waals surface area (Å²) in [5.74, 6) is 0. The number of carbonyl (C=O) groups is 1. The van der Waals surface area contributed by atoms with E-state index in [0.29, 0.717) is 11.0 Å². The zero-order valence-electron chi connectivity index (χ0n) is 11.2. The fourth-order valence-electron chi connectivity index (χ4n) is 1.98. The van der Waals surface area contributed by atoms with Crippen molar-refractivity contribution in [2.24, 2.45) is 24.9 Å². The smallest absolute Gasteiger partial charge is 0.332 e. The summed E-state index contributed by atoms with van der Waals surface area (Å²) in [7, 11) is 3.08. The van der Waals surface area contributed by atoms with E-state index >= 15 is 0 Å². The number of amides is 2. The minimum absolute atomic E-state index is 0.141. The molecule has 0 spiro atoms. The van der Waals surface area contributed by atoms with Gasteiger partial charge in [-0.25, -0.2) is 15.0 Å². The summed E-state index contributed by atoms with van der Waals surface area (Å²) in [5.41, 5.74) is 7.33. The fourth-order valence-corrected chi connectivity index (χ4v) is 1.98. The molecule has 0 aliphatic rings. The van der Waals surface area contributed by atoms with Crippen molar-refractivity contribution in [3.63, 3.8) is 0 Å². The molecule has 2 aromatic rings. The summed E-state index contributed by atoms with van der Waals surface area (Å²) in [6.45, 7) is 0. The topological polar surface area (TPSA) is 138 Å². The van der Waals surface area contributed by atoms with Crippen LogP contribution < -0.4 is 16.8 Å². The first-order chi connectivity index (χ1) is 9.82.